The molecule has 2 aromatic carbocycles. The molecular formula is C20H16ClN3O. The Morgan fingerprint density at radius 1 is 0.960 bits per heavy atom. The highest BCUT2D eigenvalue weighted by molar-refractivity contribution is 6.41. The van der Waals surface area contributed by atoms with E-state index >= 15 is 0 Å². The first kappa shape index (κ1) is 16.7. The molecule has 1 N–H and O–H groups in total. The average Bonchev–Trinajstić information content (AvgIpc) is 3.17. The molecule has 124 valence electrons. The van der Waals surface area contributed by atoms with Gasteiger partial charge in [-0.25, -0.2) is 5.43 Å². The van der Waals surface area contributed by atoms with Gasteiger partial charge in [0.05, 0.1) is 22.5 Å². The van der Waals surface area contributed by atoms with E-state index in [1.54, 1.807) is 12.1 Å². The van der Waals surface area contributed by atoms with Gasteiger partial charge in [0, 0.05) is 12.4 Å². The van der Waals surface area contributed by atoms with Gasteiger partial charge < -0.3 is 4.57 Å². The summed E-state index contributed by atoms with van der Waals surface area (Å²) in [5.41, 5.74) is 4.78. The van der Waals surface area contributed by atoms with Gasteiger partial charge in [-0.2, -0.15) is 5.10 Å². The number of hydrogen-bond donors (Lipinski definition) is 1. The van der Waals surface area contributed by atoms with E-state index in [2.05, 4.69) is 10.5 Å². The first-order valence-electron chi connectivity index (χ1n) is 7.72. The quantitative estimate of drug-likeness (QED) is 0.536. The number of para-hydroxylation sites is 1. The number of halogens is 1. The summed E-state index contributed by atoms with van der Waals surface area (Å²) in [6, 6.07) is 20.8. The fourth-order valence-corrected chi connectivity index (χ4v) is 2.52. The highest BCUT2D eigenvalue weighted by atomic mass is 35.5. The molecule has 0 aliphatic heterocycles. The highest BCUT2D eigenvalue weighted by Gasteiger charge is 2.10. The number of hydrazone groups is 1. The lowest BCUT2D eigenvalue weighted by molar-refractivity contribution is 0.0955. The third kappa shape index (κ3) is 4.46. The van der Waals surface area contributed by atoms with Crippen LogP contribution >= 0.6 is 11.6 Å². The Morgan fingerprint density at radius 2 is 1.64 bits per heavy atom. The fraction of sp³-hybridized carbons (Fsp3) is 0. The molecule has 0 aliphatic rings. The first-order chi connectivity index (χ1) is 12.2. The van der Waals surface area contributed by atoms with Crippen LogP contribution in [0.25, 0.3) is 11.8 Å². The van der Waals surface area contributed by atoms with Crippen molar-refractivity contribution in [2.75, 3.05) is 0 Å². The van der Waals surface area contributed by atoms with E-state index in [0.717, 1.165) is 11.3 Å². The maximum Gasteiger partial charge on any atom is 0.273 e. The van der Waals surface area contributed by atoms with E-state index in [4.69, 9.17) is 11.6 Å². The van der Waals surface area contributed by atoms with Gasteiger partial charge in [0.25, 0.3) is 5.91 Å². The summed E-state index contributed by atoms with van der Waals surface area (Å²) in [4.78, 5) is 12.4. The molecule has 1 heterocycles. The Kier molecular flexibility index (Phi) is 5.44. The van der Waals surface area contributed by atoms with E-state index in [0.29, 0.717) is 10.6 Å². The minimum atomic E-state index is -0.301. The van der Waals surface area contributed by atoms with Crippen LogP contribution < -0.4 is 5.43 Å². The maximum atomic E-state index is 12.4. The summed E-state index contributed by atoms with van der Waals surface area (Å²) in [5, 5.41) is 4.35. The lowest BCUT2D eigenvalue weighted by Gasteiger charge is -2.08. The summed E-state index contributed by atoms with van der Waals surface area (Å²) < 4.78 is 1.88. The molecule has 0 atom stereocenters. The van der Waals surface area contributed by atoms with Crippen molar-refractivity contribution in [2.24, 2.45) is 5.10 Å². The zero-order valence-corrected chi connectivity index (χ0v) is 14.1. The van der Waals surface area contributed by atoms with Gasteiger partial charge in [-0.05, 0) is 35.9 Å². The topological polar surface area (TPSA) is 46.4 Å². The van der Waals surface area contributed by atoms with Gasteiger partial charge in [0.1, 0.15) is 0 Å². The van der Waals surface area contributed by atoms with Crippen LogP contribution in [-0.2, 0) is 0 Å². The fourth-order valence-electron chi connectivity index (χ4n) is 2.34. The number of allylic oxidation sites excluding steroid dienone is 1. The molecule has 4 nitrogen and oxygen atoms in total. The van der Waals surface area contributed by atoms with Crippen LogP contribution in [0.5, 0.6) is 0 Å². The first-order valence-corrected chi connectivity index (χ1v) is 8.10. The van der Waals surface area contributed by atoms with Crippen LogP contribution in [0.3, 0.4) is 0 Å². The summed E-state index contributed by atoms with van der Waals surface area (Å²) in [6.45, 7) is 0. The molecule has 0 spiro atoms. The molecule has 5 heteroatoms. The molecule has 0 saturated heterocycles. The van der Waals surface area contributed by atoms with Crippen LogP contribution in [0.2, 0.25) is 0 Å². The largest absolute Gasteiger partial charge is 0.323 e. The molecule has 3 aromatic rings. The number of benzene rings is 2. The molecule has 1 amide bonds. The summed E-state index contributed by atoms with van der Waals surface area (Å²) in [6.07, 6.45) is 6.94. The second-order valence-electron chi connectivity index (χ2n) is 5.25. The second kappa shape index (κ2) is 8.13. The molecular weight excluding hydrogens is 334 g/mol. The Bertz CT molecular complexity index is 900. The highest BCUT2D eigenvalue weighted by Crippen LogP contribution is 2.14. The number of amides is 1. The lowest BCUT2D eigenvalue weighted by Crippen LogP contribution is -2.19. The second-order valence-corrected chi connectivity index (χ2v) is 5.68. The standard InChI is InChI=1S/C20H16ClN3O/c21-17(14-16-8-2-1-3-9-16)15-22-23-20(25)18-10-4-5-11-19(18)24-12-6-7-13-24/h1-15H,(H,23,25)/b17-14-,22-15+. The van der Waals surface area contributed by atoms with Crippen molar-refractivity contribution in [3.05, 3.63) is 95.3 Å². The number of carbonyl (C=O) groups excluding carboxylic acids is 1. The zero-order chi connectivity index (χ0) is 17.5. The Labute approximate surface area is 151 Å². The molecule has 1 aromatic heterocycles. The Hall–Kier alpha value is -3.11. The Morgan fingerprint density at radius 3 is 2.40 bits per heavy atom. The van der Waals surface area contributed by atoms with Gasteiger partial charge in [-0.15, -0.1) is 0 Å². The van der Waals surface area contributed by atoms with Crippen molar-refractivity contribution in [2.45, 2.75) is 0 Å². The molecule has 0 aliphatic carbocycles. The average molecular weight is 350 g/mol. The minimum absolute atomic E-state index is 0.301. The zero-order valence-electron chi connectivity index (χ0n) is 13.3. The van der Waals surface area contributed by atoms with Crippen molar-refractivity contribution in [1.82, 2.24) is 9.99 Å². The molecule has 0 saturated carbocycles. The van der Waals surface area contributed by atoms with Crippen molar-refractivity contribution in [3.63, 3.8) is 0 Å². The maximum absolute atomic E-state index is 12.4. The monoisotopic (exact) mass is 349 g/mol. The molecule has 0 unspecified atom stereocenters. The SMILES string of the molecule is O=C(N/N=C/C(Cl)=C/c1ccccc1)c1ccccc1-n1cccc1. The van der Waals surface area contributed by atoms with Crippen molar-refractivity contribution < 1.29 is 4.79 Å². The van der Waals surface area contributed by atoms with Crippen LogP contribution in [0.15, 0.2) is 89.3 Å². The Balaban J connectivity index is 1.70. The number of carbonyl (C=O) groups is 1. The van der Waals surface area contributed by atoms with Crippen molar-refractivity contribution >= 4 is 29.8 Å². The number of hydrogen-bond acceptors (Lipinski definition) is 2. The predicted molar refractivity (Wildman–Crippen MR) is 102 cm³/mol. The van der Waals surface area contributed by atoms with Gasteiger partial charge >= 0.3 is 0 Å². The van der Waals surface area contributed by atoms with E-state index < -0.39 is 0 Å². The normalized spacial score (nSPS) is 11.6. The van der Waals surface area contributed by atoms with E-state index in [-0.39, 0.29) is 5.91 Å². The van der Waals surface area contributed by atoms with E-state index in [1.807, 2.05) is 77.6 Å². The minimum Gasteiger partial charge on any atom is -0.323 e. The third-order valence-corrected chi connectivity index (χ3v) is 3.70. The van der Waals surface area contributed by atoms with E-state index in [9.17, 15) is 4.79 Å². The van der Waals surface area contributed by atoms with Crippen LogP contribution in [0.4, 0.5) is 0 Å². The number of aromatic nitrogens is 1. The number of nitrogens with one attached hydrogen (secondary N) is 1. The molecule has 25 heavy (non-hydrogen) atoms. The molecule has 0 fully saturated rings. The summed E-state index contributed by atoms with van der Waals surface area (Å²) >= 11 is 6.11. The van der Waals surface area contributed by atoms with Crippen LogP contribution in [0, 0.1) is 0 Å². The number of nitrogens with zero attached hydrogens (tertiary/aromatic N) is 2. The molecule has 0 bridgehead atoms. The van der Waals surface area contributed by atoms with Gasteiger partial charge in [-0.1, -0.05) is 54.1 Å². The van der Waals surface area contributed by atoms with Crippen molar-refractivity contribution in [3.8, 4) is 5.69 Å². The summed E-state index contributed by atoms with van der Waals surface area (Å²) in [5.74, 6) is -0.301. The van der Waals surface area contributed by atoms with Gasteiger partial charge in [-0.3, -0.25) is 4.79 Å². The van der Waals surface area contributed by atoms with Crippen LogP contribution in [-0.4, -0.2) is 16.7 Å². The third-order valence-electron chi connectivity index (χ3n) is 3.49. The lowest BCUT2D eigenvalue weighted by atomic mass is 10.1. The summed E-state index contributed by atoms with van der Waals surface area (Å²) in [7, 11) is 0. The van der Waals surface area contributed by atoms with Crippen molar-refractivity contribution in [1.29, 1.82) is 0 Å². The molecule has 3 rings (SSSR count). The van der Waals surface area contributed by atoms with Gasteiger partial charge in [0.15, 0.2) is 0 Å². The van der Waals surface area contributed by atoms with E-state index in [1.165, 1.54) is 6.21 Å². The molecule has 0 radical (unpaired) electrons. The van der Waals surface area contributed by atoms with Gasteiger partial charge in [0.2, 0.25) is 0 Å². The predicted octanol–water partition coefficient (Wildman–Crippen LogP) is 4.47. The smallest absolute Gasteiger partial charge is 0.273 e. The van der Waals surface area contributed by atoms with Crippen LogP contribution in [0.1, 0.15) is 15.9 Å². The number of rotatable bonds is 5.